The first-order chi connectivity index (χ1) is 10.7. The molecule has 2 rings (SSSR count). The number of rotatable bonds is 6. The van der Waals surface area contributed by atoms with Crippen molar-refractivity contribution in [1.82, 2.24) is 9.55 Å². The molecule has 23 heavy (non-hydrogen) atoms. The monoisotopic (exact) mass is 368 g/mol. The molecule has 1 aromatic rings. The summed E-state index contributed by atoms with van der Waals surface area (Å²) in [5.41, 5.74) is -1.34. The van der Waals surface area contributed by atoms with Gasteiger partial charge in [0.05, 0.1) is 18.8 Å². The van der Waals surface area contributed by atoms with E-state index in [0.29, 0.717) is 0 Å². The van der Waals surface area contributed by atoms with Crippen molar-refractivity contribution in [2.24, 2.45) is 0 Å². The van der Waals surface area contributed by atoms with Crippen molar-refractivity contribution in [3.8, 4) is 0 Å². The van der Waals surface area contributed by atoms with Crippen LogP contribution in [0.4, 0.5) is 4.39 Å². The Morgan fingerprint density at radius 2 is 2.30 bits per heavy atom. The van der Waals surface area contributed by atoms with Gasteiger partial charge in [0.25, 0.3) is 5.56 Å². The quantitative estimate of drug-likeness (QED) is 0.717. The molecule has 0 radical (unpaired) electrons. The van der Waals surface area contributed by atoms with Crippen LogP contribution in [0.15, 0.2) is 21.9 Å². The van der Waals surface area contributed by atoms with Crippen LogP contribution in [0, 0.1) is 0 Å². The minimum absolute atomic E-state index is 0.0345. The molecule has 130 valence electrons. The third-order valence-electron chi connectivity index (χ3n) is 3.02. The van der Waals surface area contributed by atoms with Crippen molar-refractivity contribution in [2.45, 2.75) is 44.9 Å². The number of H-pyrrole nitrogens is 1. The van der Waals surface area contributed by atoms with Gasteiger partial charge in [-0.2, -0.15) is 0 Å². The van der Waals surface area contributed by atoms with E-state index < -0.39 is 36.5 Å². The zero-order valence-electron chi connectivity index (χ0n) is 12.5. The van der Waals surface area contributed by atoms with Gasteiger partial charge in [-0.25, -0.2) is 9.18 Å². The van der Waals surface area contributed by atoms with E-state index in [1.165, 1.54) is 6.20 Å². The van der Waals surface area contributed by atoms with Crippen molar-refractivity contribution in [3.63, 3.8) is 0 Å². The van der Waals surface area contributed by atoms with Crippen LogP contribution in [-0.2, 0) is 25.6 Å². The van der Waals surface area contributed by atoms with Gasteiger partial charge in [0.2, 0.25) is 0 Å². The van der Waals surface area contributed by atoms with Crippen molar-refractivity contribution in [3.05, 3.63) is 33.1 Å². The summed E-state index contributed by atoms with van der Waals surface area (Å²) in [7, 11) is 0. The van der Waals surface area contributed by atoms with Crippen molar-refractivity contribution >= 4 is 18.5 Å². The second-order valence-electron chi connectivity index (χ2n) is 5.34. The van der Waals surface area contributed by atoms with Gasteiger partial charge in [-0.05, 0) is 25.7 Å². The van der Waals surface area contributed by atoms with E-state index >= 15 is 0 Å². The number of nitrogens with zero attached hydrogens (tertiary/aromatic N) is 1. The van der Waals surface area contributed by atoms with Gasteiger partial charge >= 0.3 is 12.4 Å². The maximum atomic E-state index is 14.1. The largest absolute Gasteiger partial charge is 0.349 e. The average molecular weight is 368 g/mol. The summed E-state index contributed by atoms with van der Waals surface area (Å²) in [5.74, 6) is 0. The molecule has 4 atom stereocenters. The highest BCUT2D eigenvalue weighted by molar-refractivity contribution is 8.07. The Morgan fingerprint density at radius 1 is 1.61 bits per heavy atom. The van der Waals surface area contributed by atoms with Crippen LogP contribution in [0.2, 0.25) is 0 Å². The molecule has 4 unspecified atom stereocenters. The van der Waals surface area contributed by atoms with Crippen molar-refractivity contribution in [2.75, 3.05) is 6.61 Å². The fourth-order valence-electron chi connectivity index (χ4n) is 2.15. The fraction of sp³-hybridized carbons (Fsp3) is 0.667. The molecule has 0 saturated carbocycles. The Labute approximate surface area is 136 Å². The predicted molar refractivity (Wildman–Crippen MR) is 83.4 cm³/mol. The molecular weight excluding hydrogens is 350 g/mol. The smallest absolute Gasteiger partial charge is 0.330 e. The SMILES string of the molecule is CC(C)OP(O)(=S)OCC1CC(F)C(n2ccc(=O)[nH]c2=O)O1. The summed E-state index contributed by atoms with van der Waals surface area (Å²) in [6.45, 7) is -0.176. The zero-order chi connectivity index (χ0) is 17.2. The van der Waals surface area contributed by atoms with E-state index in [2.05, 4.69) is 0 Å². The van der Waals surface area contributed by atoms with E-state index in [4.69, 9.17) is 25.6 Å². The van der Waals surface area contributed by atoms with Gasteiger partial charge in [0.15, 0.2) is 6.23 Å². The summed E-state index contributed by atoms with van der Waals surface area (Å²) in [4.78, 5) is 34.5. The zero-order valence-corrected chi connectivity index (χ0v) is 14.3. The molecule has 2 N–H and O–H groups in total. The molecule has 0 bridgehead atoms. The summed E-state index contributed by atoms with van der Waals surface area (Å²) in [6, 6.07) is 1.10. The molecule has 0 aromatic carbocycles. The summed E-state index contributed by atoms with van der Waals surface area (Å²) in [6.07, 6.45) is -2.51. The molecular formula is C12H18FN2O6PS. The number of halogens is 1. The number of hydrogen-bond donors (Lipinski definition) is 2. The van der Waals surface area contributed by atoms with Gasteiger partial charge in [-0.3, -0.25) is 14.3 Å². The molecule has 8 nitrogen and oxygen atoms in total. The molecule has 1 aliphatic heterocycles. The lowest BCUT2D eigenvalue weighted by molar-refractivity contribution is -0.0383. The molecule has 0 amide bonds. The molecule has 1 aromatic heterocycles. The number of ether oxygens (including phenoxy) is 1. The maximum absolute atomic E-state index is 14.1. The number of aromatic amines is 1. The highest BCUT2D eigenvalue weighted by atomic mass is 32.5. The average Bonchev–Trinajstić information content (AvgIpc) is 2.76. The molecule has 1 fully saturated rings. The van der Waals surface area contributed by atoms with Gasteiger partial charge in [0.1, 0.15) is 6.17 Å². The highest BCUT2D eigenvalue weighted by Gasteiger charge is 2.38. The molecule has 0 spiro atoms. The first kappa shape index (κ1) is 18.4. The number of nitrogens with one attached hydrogen (secondary N) is 1. The van der Waals surface area contributed by atoms with Crippen LogP contribution in [0.5, 0.6) is 0 Å². The Bertz CT molecular complexity index is 707. The number of alkyl halides is 1. The van der Waals surface area contributed by atoms with Crippen LogP contribution >= 0.6 is 6.72 Å². The van der Waals surface area contributed by atoms with E-state index in [9.17, 15) is 18.9 Å². The summed E-state index contributed by atoms with van der Waals surface area (Å²) in [5, 5.41) is 0. The Morgan fingerprint density at radius 3 is 2.91 bits per heavy atom. The van der Waals surface area contributed by atoms with Gasteiger partial charge < -0.3 is 18.7 Å². The second kappa shape index (κ2) is 7.33. The lowest BCUT2D eigenvalue weighted by Crippen LogP contribution is -2.34. The lowest BCUT2D eigenvalue weighted by atomic mass is 10.2. The van der Waals surface area contributed by atoms with Crippen LogP contribution < -0.4 is 11.2 Å². The van der Waals surface area contributed by atoms with Crippen molar-refractivity contribution < 1.29 is 23.1 Å². The Kier molecular flexibility index (Phi) is 5.88. The van der Waals surface area contributed by atoms with Crippen LogP contribution in [0.25, 0.3) is 0 Å². The second-order valence-corrected chi connectivity index (χ2v) is 8.13. The molecule has 0 aliphatic carbocycles. The minimum atomic E-state index is -3.41. The first-order valence-electron chi connectivity index (χ1n) is 6.94. The van der Waals surface area contributed by atoms with E-state index in [1.807, 2.05) is 4.98 Å². The van der Waals surface area contributed by atoms with Gasteiger partial charge in [0, 0.05) is 18.7 Å². The van der Waals surface area contributed by atoms with E-state index in [-0.39, 0.29) is 19.1 Å². The summed E-state index contributed by atoms with van der Waals surface area (Å²) >= 11 is 4.82. The van der Waals surface area contributed by atoms with E-state index in [0.717, 1.165) is 10.6 Å². The minimum Gasteiger partial charge on any atom is -0.349 e. The third-order valence-corrected chi connectivity index (χ3v) is 4.76. The fourth-order valence-corrected chi connectivity index (χ4v) is 3.80. The Balaban J connectivity index is 2.00. The number of aromatic nitrogens is 2. The molecule has 1 aliphatic rings. The predicted octanol–water partition coefficient (Wildman–Crippen LogP) is 0.821. The molecule has 11 heteroatoms. The maximum Gasteiger partial charge on any atom is 0.330 e. The van der Waals surface area contributed by atoms with Gasteiger partial charge in [-0.15, -0.1) is 0 Å². The van der Waals surface area contributed by atoms with Crippen LogP contribution in [-0.4, -0.2) is 39.4 Å². The number of hydrogen-bond acceptors (Lipinski definition) is 6. The molecule has 1 saturated heterocycles. The first-order valence-corrected chi connectivity index (χ1v) is 9.54. The van der Waals surface area contributed by atoms with Crippen molar-refractivity contribution in [1.29, 1.82) is 0 Å². The molecule has 2 heterocycles. The highest BCUT2D eigenvalue weighted by Crippen LogP contribution is 2.46. The summed E-state index contributed by atoms with van der Waals surface area (Å²) < 4.78 is 30.7. The normalized spacial score (nSPS) is 27.3. The van der Waals surface area contributed by atoms with Crippen LogP contribution in [0.1, 0.15) is 26.5 Å². The third kappa shape index (κ3) is 5.03. The van der Waals surface area contributed by atoms with Gasteiger partial charge in [-0.1, -0.05) is 0 Å². The topological polar surface area (TPSA) is 103 Å². The Hall–Kier alpha value is -0.900. The van der Waals surface area contributed by atoms with E-state index in [1.54, 1.807) is 13.8 Å². The van der Waals surface area contributed by atoms with Crippen LogP contribution in [0.3, 0.4) is 0 Å². The standard InChI is InChI=1S/C12H18FN2O6PS/c1-7(2)21-22(18,23)19-6-8-5-9(13)11(20-8)15-4-3-10(16)14-12(15)17/h3-4,7-9,11H,5-6H2,1-2H3,(H,18,23)(H,14,16,17). The lowest BCUT2D eigenvalue weighted by Gasteiger charge is -2.20.